The van der Waals surface area contributed by atoms with Crippen molar-refractivity contribution in [1.82, 2.24) is 10.0 Å². The normalized spacial score (nSPS) is 12.6. The Morgan fingerprint density at radius 1 is 1.08 bits per heavy atom. The summed E-state index contributed by atoms with van der Waals surface area (Å²) in [6.07, 6.45) is -0.105. The first-order chi connectivity index (χ1) is 11.9. The number of nitrogens with one attached hydrogen (secondary N) is 2. The summed E-state index contributed by atoms with van der Waals surface area (Å²) < 4.78 is 26.5. The summed E-state index contributed by atoms with van der Waals surface area (Å²) in [5.74, 6) is -0.375. The van der Waals surface area contributed by atoms with Crippen LogP contribution >= 0.6 is 0 Å². The second-order valence-electron chi connectivity index (χ2n) is 5.56. The standard InChI is InChI=1S/C18H22N2O4S/c1-2-12-20-25(23,24)16-10-8-15(9-11-16)18(22)19-13-17(21)14-6-4-3-5-7-14/h3-11,17,20-21H,2,12-13H2,1H3,(H,19,22)/t17-/m1/s1. The number of benzene rings is 2. The third-order valence-corrected chi connectivity index (χ3v) is 5.09. The summed E-state index contributed by atoms with van der Waals surface area (Å²) in [6, 6.07) is 14.7. The molecule has 0 radical (unpaired) electrons. The van der Waals surface area contributed by atoms with Crippen LogP contribution in [0.3, 0.4) is 0 Å². The largest absolute Gasteiger partial charge is 0.387 e. The van der Waals surface area contributed by atoms with E-state index in [2.05, 4.69) is 10.0 Å². The number of amides is 1. The van der Waals surface area contributed by atoms with Crippen molar-refractivity contribution >= 4 is 15.9 Å². The zero-order valence-corrected chi connectivity index (χ0v) is 14.8. The number of carbonyl (C=O) groups is 1. The molecular weight excluding hydrogens is 340 g/mol. The van der Waals surface area contributed by atoms with Gasteiger partial charge in [-0.2, -0.15) is 0 Å². The Morgan fingerprint density at radius 2 is 1.72 bits per heavy atom. The van der Waals surface area contributed by atoms with Crippen LogP contribution < -0.4 is 10.0 Å². The molecule has 1 amide bonds. The zero-order chi connectivity index (χ0) is 18.3. The fraction of sp³-hybridized carbons (Fsp3) is 0.278. The first-order valence-electron chi connectivity index (χ1n) is 8.05. The van der Waals surface area contributed by atoms with E-state index < -0.39 is 16.1 Å². The van der Waals surface area contributed by atoms with E-state index in [4.69, 9.17) is 0 Å². The minimum Gasteiger partial charge on any atom is -0.387 e. The van der Waals surface area contributed by atoms with Gasteiger partial charge in [0.15, 0.2) is 0 Å². The summed E-state index contributed by atoms with van der Waals surface area (Å²) in [4.78, 5) is 12.2. The van der Waals surface area contributed by atoms with Crippen LogP contribution in [0.15, 0.2) is 59.5 Å². The van der Waals surface area contributed by atoms with E-state index >= 15 is 0 Å². The van der Waals surface area contributed by atoms with Crippen molar-refractivity contribution in [3.63, 3.8) is 0 Å². The topological polar surface area (TPSA) is 95.5 Å². The molecule has 1 atom stereocenters. The van der Waals surface area contributed by atoms with Gasteiger partial charge >= 0.3 is 0 Å². The van der Waals surface area contributed by atoms with Gasteiger partial charge in [-0.25, -0.2) is 13.1 Å². The van der Waals surface area contributed by atoms with Crippen LogP contribution in [-0.2, 0) is 10.0 Å². The molecule has 0 aliphatic carbocycles. The first kappa shape index (κ1) is 19.1. The molecule has 2 rings (SSSR count). The molecule has 3 N–H and O–H groups in total. The summed E-state index contributed by atoms with van der Waals surface area (Å²) >= 11 is 0. The molecule has 0 bridgehead atoms. The van der Waals surface area contributed by atoms with Crippen LogP contribution in [0.5, 0.6) is 0 Å². The van der Waals surface area contributed by atoms with Gasteiger partial charge in [0, 0.05) is 18.7 Å². The zero-order valence-electron chi connectivity index (χ0n) is 14.0. The van der Waals surface area contributed by atoms with Gasteiger partial charge in [0.2, 0.25) is 10.0 Å². The third kappa shape index (κ3) is 5.38. The van der Waals surface area contributed by atoms with Gasteiger partial charge in [-0.1, -0.05) is 37.3 Å². The van der Waals surface area contributed by atoms with E-state index in [9.17, 15) is 18.3 Å². The number of sulfonamides is 1. The molecule has 7 heteroatoms. The number of hydrogen-bond acceptors (Lipinski definition) is 4. The van der Waals surface area contributed by atoms with E-state index in [1.54, 1.807) is 12.1 Å². The molecule has 0 aromatic heterocycles. The van der Waals surface area contributed by atoms with Crippen LogP contribution in [0.25, 0.3) is 0 Å². The molecule has 0 spiro atoms. The van der Waals surface area contributed by atoms with Gasteiger partial charge in [0.25, 0.3) is 5.91 Å². The SMILES string of the molecule is CCCNS(=O)(=O)c1ccc(C(=O)NC[C@@H](O)c2ccccc2)cc1. The monoisotopic (exact) mass is 362 g/mol. The lowest BCUT2D eigenvalue weighted by Gasteiger charge is -2.12. The summed E-state index contributed by atoms with van der Waals surface area (Å²) in [5.41, 5.74) is 1.04. The molecule has 2 aromatic rings. The molecule has 2 aromatic carbocycles. The van der Waals surface area contributed by atoms with E-state index in [-0.39, 0.29) is 17.3 Å². The Bertz CT molecular complexity index is 790. The highest BCUT2D eigenvalue weighted by Gasteiger charge is 2.15. The van der Waals surface area contributed by atoms with E-state index in [1.165, 1.54) is 24.3 Å². The van der Waals surface area contributed by atoms with Crippen molar-refractivity contribution in [2.75, 3.05) is 13.1 Å². The Hall–Kier alpha value is -2.22. The highest BCUT2D eigenvalue weighted by atomic mass is 32.2. The second-order valence-corrected chi connectivity index (χ2v) is 7.33. The van der Waals surface area contributed by atoms with Gasteiger partial charge in [-0.15, -0.1) is 0 Å². The Kier molecular flexibility index (Phi) is 6.69. The predicted molar refractivity (Wildman–Crippen MR) is 95.7 cm³/mol. The number of rotatable bonds is 8. The third-order valence-electron chi connectivity index (χ3n) is 3.61. The Balaban J connectivity index is 1.96. The molecule has 0 aliphatic rings. The van der Waals surface area contributed by atoms with Crippen molar-refractivity contribution in [2.24, 2.45) is 0 Å². The minimum atomic E-state index is -3.55. The quantitative estimate of drug-likeness (QED) is 0.668. The van der Waals surface area contributed by atoms with Gasteiger partial charge in [0.05, 0.1) is 11.0 Å². The van der Waals surface area contributed by atoms with Crippen molar-refractivity contribution in [3.05, 3.63) is 65.7 Å². The fourth-order valence-corrected chi connectivity index (χ4v) is 3.32. The maximum Gasteiger partial charge on any atom is 0.251 e. The van der Waals surface area contributed by atoms with Crippen molar-refractivity contribution in [2.45, 2.75) is 24.3 Å². The van der Waals surface area contributed by atoms with Crippen molar-refractivity contribution in [1.29, 1.82) is 0 Å². The molecule has 25 heavy (non-hydrogen) atoms. The molecule has 0 saturated heterocycles. The maximum atomic E-state index is 12.1. The van der Waals surface area contributed by atoms with Crippen LogP contribution in [0.1, 0.15) is 35.4 Å². The highest BCUT2D eigenvalue weighted by molar-refractivity contribution is 7.89. The van der Waals surface area contributed by atoms with E-state index in [0.29, 0.717) is 24.1 Å². The molecule has 0 fully saturated rings. The van der Waals surface area contributed by atoms with Crippen LogP contribution in [-0.4, -0.2) is 32.5 Å². The fourth-order valence-electron chi connectivity index (χ4n) is 2.19. The first-order valence-corrected chi connectivity index (χ1v) is 9.53. The van der Waals surface area contributed by atoms with Gasteiger partial charge in [0.1, 0.15) is 0 Å². The Labute approximate surface area is 147 Å². The van der Waals surface area contributed by atoms with Crippen LogP contribution in [0, 0.1) is 0 Å². The van der Waals surface area contributed by atoms with E-state index in [1.807, 2.05) is 25.1 Å². The minimum absolute atomic E-state index is 0.0704. The molecular formula is C18H22N2O4S. The average Bonchev–Trinajstić information content (AvgIpc) is 2.65. The van der Waals surface area contributed by atoms with Crippen LogP contribution in [0.4, 0.5) is 0 Å². The highest BCUT2D eigenvalue weighted by Crippen LogP contribution is 2.13. The Morgan fingerprint density at radius 3 is 2.32 bits per heavy atom. The van der Waals surface area contributed by atoms with Gasteiger partial charge < -0.3 is 10.4 Å². The molecule has 0 unspecified atom stereocenters. The number of hydrogen-bond donors (Lipinski definition) is 3. The summed E-state index contributed by atoms with van der Waals surface area (Å²) in [5, 5.41) is 12.7. The van der Waals surface area contributed by atoms with Gasteiger partial charge in [-0.3, -0.25) is 4.79 Å². The summed E-state index contributed by atoms with van der Waals surface area (Å²) in [6.45, 7) is 2.31. The van der Waals surface area contributed by atoms with Gasteiger partial charge in [-0.05, 0) is 36.2 Å². The summed E-state index contributed by atoms with van der Waals surface area (Å²) in [7, 11) is -3.55. The lowest BCUT2D eigenvalue weighted by molar-refractivity contribution is 0.0916. The van der Waals surface area contributed by atoms with Crippen LogP contribution in [0.2, 0.25) is 0 Å². The predicted octanol–water partition coefficient (Wildman–Crippen LogP) is 1.84. The smallest absolute Gasteiger partial charge is 0.251 e. The number of carbonyl (C=O) groups excluding carboxylic acids is 1. The van der Waals surface area contributed by atoms with Crippen molar-refractivity contribution in [3.8, 4) is 0 Å². The number of aliphatic hydroxyl groups is 1. The molecule has 0 saturated carbocycles. The molecule has 6 nitrogen and oxygen atoms in total. The average molecular weight is 362 g/mol. The van der Waals surface area contributed by atoms with E-state index in [0.717, 1.165) is 0 Å². The van der Waals surface area contributed by atoms with Crippen molar-refractivity contribution < 1.29 is 18.3 Å². The molecule has 0 heterocycles. The lowest BCUT2D eigenvalue weighted by Crippen LogP contribution is -2.28. The number of aliphatic hydroxyl groups excluding tert-OH is 1. The molecule has 0 aliphatic heterocycles. The molecule has 134 valence electrons. The lowest BCUT2D eigenvalue weighted by atomic mass is 10.1. The second kappa shape index (κ2) is 8.75. The maximum absolute atomic E-state index is 12.1.